The first-order valence-electron chi connectivity index (χ1n) is 6.88. The Balaban J connectivity index is 2.23. The molecule has 0 aliphatic carbocycles. The summed E-state index contributed by atoms with van der Waals surface area (Å²) in [6.07, 6.45) is 4.84. The molecule has 102 valence electrons. The Bertz CT molecular complexity index is 522. The predicted octanol–water partition coefficient (Wildman–Crippen LogP) is 2.93. The van der Waals surface area contributed by atoms with Crippen LogP contribution in [-0.2, 0) is 13.5 Å². The lowest BCUT2D eigenvalue weighted by Crippen LogP contribution is -2.25. The normalized spacial score (nSPS) is 12.6. The first kappa shape index (κ1) is 13.8. The average Bonchev–Trinajstić information content (AvgIpc) is 2.73. The molecule has 2 aromatic rings. The van der Waals surface area contributed by atoms with Gasteiger partial charge in [-0.25, -0.2) is 4.98 Å². The van der Waals surface area contributed by atoms with E-state index in [9.17, 15) is 0 Å². The molecule has 2 rings (SSSR count). The van der Waals surface area contributed by atoms with Gasteiger partial charge in [0.1, 0.15) is 5.82 Å². The molecule has 0 amide bonds. The van der Waals surface area contributed by atoms with Crippen LogP contribution in [0.1, 0.15) is 35.5 Å². The Morgan fingerprint density at radius 2 is 1.89 bits per heavy atom. The van der Waals surface area contributed by atoms with Gasteiger partial charge in [-0.1, -0.05) is 36.2 Å². The van der Waals surface area contributed by atoms with Crippen LogP contribution in [0, 0.1) is 13.8 Å². The molecule has 0 aliphatic heterocycles. The molecule has 0 radical (unpaired) electrons. The van der Waals surface area contributed by atoms with Gasteiger partial charge in [-0.05, 0) is 32.4 Å². The van der Waals surface area contributed by atoms with Crippen LogP contribution in [-0.4, -0.2) is 16.1 Å². The minimum atomic E-state index is 0.270. The zero-order valence-electron chi connectivity index (χ0n) is 12.3. The predicted molar refractivity (Wildman–Crippen MR) is 79.2 cm³/mol. The molecule has 1 atom stereocenters. The minimum Gasteiger partial charge on any atom is -0.337 e. The first-order chi connectivity index (χ1) is 9.10. The number of nitrogens with zero attached hydrogens (tertiary/aromatic N) is 2. The van der Waals surface area contributed by atoms with Crippen LogP contribution in [0.2, 0.25) is 0 Å². The summed E-state index contributed by atoms with van der Waals surface area (Å²) in [6, 6.07) is 7.01. The Morgan fingerprint density at radius 3 is 2.42 bits per heavy atom. The van der Waals surface area contributed by atoms with Crippen LogP contribution < -0.4 is 5.32 Å². The van der Waals surface area contributed by atoms with Crippen molar-refractivity contribution < 1.29 is 0 Å². The third-order valence-electron chi connectivity index (χ3n) is 3.34. The number of nitrogens with one attached hydrogen (secondary N) is 1. The third kappa shape index (κ3) is 3.44. The number of rotatable bonds is 5. The molecule has 0 bridgehead atoms. The van der Waals surface area contributed by atoms with E-state index in [-0.39, 0.29) is 6.04 Å². The Kier molecular flexibility index (Phi) is 4.38. The van der Waals surface area contributed by atoms with E-state index in [2.05, 4.69) is 53.8 Å². The smallest absolute Gasteiger partial charge is 0.125 e. The topological polar surface area (TPSA) is 29.9 Å². The molecule has 19 heavy (non-hydrogen) atoms. The Labute approximate surface area is 115 Å². The number of aryl methyl sites for hydroxylation is 3. The summed E-state index contributed by atoms with van der Waals surface area (Å²) in [6.45, 7) is 7.39. The van der Waals surface area contributed by atoms with E-state index in [1.807, 2.05) is 19.4 Å². The fraction of sp³-hybridized carbons (Fsp3) is 0.438. The van der Waals surface area contributed by atoms with Crippen molar-refractivity contribution in [3.63, 3.8) is 0 Å². The lowest BCUT2D eigenvalue weighted by atomic mass is 10.0. The fourth-order valence-corrected chi connectivity index (χ4v) is 2.64. The van der Waals surface area contributed by atoms with Gasteiger partial charge in [0.05, 0.1) is 6.04 Å². The second-order valence-electron chi connectivity index (χ2n) is 5.21. The fourth-order valence-electron chi connectivity index (χ4n) is 2.64. The molecule has 0 saturated carbocycles. The quantitative estimate of drug-likeness (QED) is 0.892. The van der Waals surface area contributed by atoms with Crippen LogP contribution in [0.5, 0.6) is 0 Å². The highest BCUT2D eigenvalue weighted by Crippen LogP contribution is 2.18. The van der Waals surface area contributed by atoms with Crippen LogP contribution in [0.25, 0.3) is 0 Å². The van der Waals surface area contributed by atoms with Gasteiger partial charge in [0.15, 0.2) is 0 Å². The summed E-state index contributed by atoms with van der Waals surface area (Å²) < 4.78 is 2.09. The second-order valence-corrected chi connectivity index (χ2v) is 5.21. The number of likely N-dealkylation sites (N-methyl/N-ethyl adjacent to an activating group) is 1. The molecule has 0 aliphatic rings. The lowest BCUT2D eigenvalue weighted by Gasteiger charge is -2.18. The van der Waals surface area contributed by atoms with Gasteiger partial charge < -0.3 is 9.88 Å². The van der Waals surface area contributed by atoms with Crippen LogP contribution in [0.3, 0.4) is 0 Å². The number of benzene rings is 1. The van der Waals surface area contributed by atoms with Crippen LogP contribution in [0.4, 0.5) is 0 Å². The third-order valence-corrected chi connectivity index (χ3v) is 3.34. The van der Waals surface area contributed by atoms with Crippen molar-refractivity contribution in [1.82, 2.24) is 14.9 Å². The number of hydrogen-bond donors (Lipinski definition) is 1. The molecular weight excluding hydrogens is 234 g/mol. The zero-order chi connectivity index (χ0) is 13.8. The molecule has 1 N–H and O–H groups in total. The maximum atomic E-state index is 4.48. The van der Waals surface area contributed by atoms with Gasteiger partial charge in [0, 0.05) is 19.4 Å². The summed E-state index contributed by atoms with van der Waals surface area (Å²) in [5, 5.41) is 3.53. The van der Waals surface area contributed by atoms with Crippen LogP contribution >= 0.6 is 0 Å². The Hall–Kier alpha value is -1.61. The molecule has 3 nitrogen and oxygen atoms in total. The highest BCUT2D eigenvalue weighted by atomic mass is 15.1. The second kappa shape index (κ2) is 6.02. The number of aromatic nitrogens is 2. The average molecular weight is 257 g/mol. The van der Waals surface area contributed by atoms with E-state index in [0.717, 1.165) is 18.8 Å². The highest BCUT2D eigenvalue weighted by Gasteiger charge is 2.15. The largest absolute Gasteiger partial charge is 0.337 e. The van der Waals surface area contributed by atoms with Gasteiger partial charge in [-0.2, -0.15) is 0 Å². The Morgan fingerprint density at radius 1 is 1.21 bits per heavy atom. The molecule has 3 heteroatoms. The van der Waals surface area contributed by atoms with Gasteiger partial charge >= 0.3 is 0 Å². The SMILES string of the molecule is CCNC(Cc1cc(C)cc(C)c1)c1nccn1C. The summed E-state index contributed by atoms with van der Waals surface area (Å²) in [5.74, 6) is 1.10. The maximum Gasteiger partial charge on any atom is 0.125 e. The monoisotopic (exact) mass is 257 g/mol. The molecular formula is C16H23N3. The van der Waals surface area contributed by atoms with Gasteiger partial charge in [-0.15, -0.1) is 0 Å². The molecule has 0 fully saturated rings. The molecule has 0 spiro atoms. The van der Waals surface area contributed by atoms with E-state index >= 15 is 0 Å². The molecule has 0 saturated heterocycles. The van der Waals surface area contributed by atoms with E-state index < -0.39 is 0 Å². The van der Waals surface area contributed by atoms with Crippen molar-refractivity contribution in [2.45, 2.75) is 33.2 Å². The molecule has 1 unspecified atom stereocenters. The van der Waals surface area contributed by atoms with Crippen molar-refractivity contribution in [3.8, 4) is 0 Å². The minimum absolute atomic E-state index is 0.270. The first-order valence-corrected chi connectivity index (χ1v) is 6.88. The van der Waals surface area contributed by atoms with Crippen molar-refractivity contribution in [2.75, 3.05) is 6.54 Å². The summed E-state index contributed by atoms with van der Waals surface area (Å²) in [5.41, 5.74) is 4.02. The molecule has 1 aromatic heterocycles. The zero-order valence-corrected chi connectivity index (χ0v) is 12.3. The number of hydrogen-bond acceptors (Lipinski definition) is 2. The van der Waals surface area contributed by atoms with Gasteiger partial charge in [-0.3, -0.25) is 0 Å². The van der Waals surface area contributed by atoms with Gasteiger partial charge in [0.25, 0.3) is 0 Å². The number of imidazole rings is 1. The van der Waals surface area contributed by atoms with E-state index in [4.69, 9.17) is 0 Å². The maximum absolute atomic E-state index is 4.48. The molecule has 1 heterocycles. The van der Waals surface area contributed by atoms with Crippen LogP contribution in [0.15, 0.2) is 30.6 Å². The highest BCUT2D eigenvalue weighted by molar-refractivity contribution is 5.29. The van der Waals surface area contributed by atoms with E-state index in [0.29, 0.717) is 0 Å². The van der Waals surface area contributed by atoms with E-state index in [1.54, 1.807) is 0 Å². The van der Waals surface area contributed by atoms with Crippen molar-refractivity contribution in [3.05, 3.63) is 53.1 Å². The standard InChI is InChI=1S/C16H23N3/c1-5-17-15(16-18-6-7-19(16)4)11-14-9-12(2)8-13(3)10-14/h6-10,15,17H,5,11H2,1-4H3. The summed E-state index contributed by atoms with van der Waals surface area (Å²) in [7, 11) is 2.05. The van der Waals surface area contributed by atoms with E-state index in [1.165, 1.54) is 16.7 Å². The lowest BCUT2D eigenvalue weighted by molar-refractivity contribution is 0.506. The van der Waals surface area contributed by atoms with Crippen molar-refractivity contribution >= 4 is 0 Å². The summed E-state index contributed by atoms with van der Waals surface area (Å²) in [4.78, 5) is 4.48. The summed E-state index contributed by atoms with van der Waals surface area (Å²) >= 11 is 0. The van der Waals surface area contributed by atoms with Gasteiger partial charge in [0.2, 0.25) is 0 Å². The van der Waals surface area contributed by atoms with Crippen molar-refractivity contribution in [2.24, 2.45) is 7.05 Å². The van der Waals surface area contributed by atoms with Crippen molar-refractivity contribution in [1.29, 1.82) is 0 Å². The molecule has 1 aromatic carbocycles.